The number of fused-ring (bicyclic) bond motifs is 1. The summed E-state index contributed by atoms with van der Waals surface area (Å²) in [4.78, 5) is 4.72. The van der Waals surface area contributed by atoms with Gasteiger partial charge in [0.15, 0.2) is 0 Å². The van der Waals surface area contributed by atoms with Crippen molar-refractivity contribution >= 4 is 11.6 Å². The van der Waals surface area contributed by atoms with Crippen LogP contribution in [0.2, 0.25) is 5.02 Å². The van der Waals surface area contributed by atoms with Gasteiger partial charge in [0.05, 0.1) is 17.3 Å². The van der Waals surface area contributed by atoms with Gasteiger partial charge in [-0.3, -0.25) is 0 Å². The van der Waals surface area contributed by atoms with Crippen LogP contribution in [-0.2, 0) is 11.0 Å². The van der Waals surface area contributed by atoms with Crippen LogP contribution >= 0.6 is 11.6 Å². The van der Waals surface area contributed by atoms with Crippen LogP contribution < -0.4 is 10.5 Å². The summed E-state index contributed by atoms with van der Waals surface area (Å²) in [6.07, 6.45) is 1.87. The first-order chi connectivity index (χ1) is 12.3. The predicted molar refractivity (Wildman–Crippen MR) is 98.8 cm³/mol. The molecule has 0 saturated heterocycles. The number of pyridine rings is 1. The molecule has 1 aliphatic heterocycles. The number of aromatic nitrogens is 1. The number of benzene rings is 1. The van der Waals surface area contributed by atoms with Gasteiger partial charge in [0.1, 0.15) is 22.9 Å². The van der Waals surface area contributed by atoms with Crippen molar-refractivity contribution in [3.8, 4) is 17.0 Å². The van der Waals surface area contributed by atoms with Crippen molar-refractivity contribution in [2.75, 3.05) is 13.2 Å². The van der Waals surface area contributed by atoms with E-state index < -0.39 is 11.4 Å². The predicted octanol–water partition coefficient (Wildman–Crippen LogP) is 3.77. The minimum absolute atomic E-state index is 0.0250. The smallest absolute Gasteiger partial charge is 0.149 e. The van der Waals surface area contributed by atoms with Gasteiger partial charge in [0.2, 0.25) is 0 Å². The van der Waals surface area contributed by atoms with Crippen molar-refractivity contribution in [2.24, 2.45) is 11.7 Å². The Labute approximate surface area is 157 Å². The summed E-state index contributed by atoms with van der Waals surface area (Å²) in [5.41, 5.74) is 7.31. The number of hydrogen-bond acceptors (Lipinski definition) is 4. The summed E-state index contributed by atoms with van der Waals surface area (Å²) < 4.78 is 19.5. The SMILES string of the molecule is CC1(C)COc2c1cc(C(O)(CN)C1CC1)nc2-c1ccc(F)c(Cl)c1. The molecule has 1 aromatic carbocycles. The highest BCUT2D eigenvalue weighted by Crippen LogP contribution is 2.49. The highest BCUT2D eigenvalue weighted by molar-refractivity contribution is 6.31. The molecule has 0 spiro atoms. The maximum absolute atomic E-state index is 13.6. The fourth-order valence-electron chi connectivity index (χ4n) is 3.61. The minimum Gasteiger partial charge on any atom is -0.490 e. The number of aliphatic hydroxyl groups is 1. The Morgan fingerprint density at radius 2 is 2.12 bits per heavy atom. The molecular weight excluding hydrogens is 355 g/mol. The summed E-state index contributed by atoms with van der Waals surface area (Å²) >= 11 is 5.98. The van der Waals surface area contributed by atoms with Crippen molar-refractivity contribution in [1.82, 2.24) is 4.98 Å². The van der Waals surface area contributed by atoms with E-state index >= 15 is 0 Å². The first-order valence-electron chi connectivity index (χ1n) is 8.83. The van der Waals surface area contributed by atoms with Gasteiger partial charge in [-0.25, -0.2) is 9.37 Å². The Hall–Kier alpha value is -1.69. The minimum atomic E-state index is -1.16. The molecule has 6 heteroatoms. The van der Waals surface area contributed by atoms with Gasteiger partial charge in [-0.05, 0) is 43.0 Å². The Kier molecular flexibility index (Phi) is 4.03. The van der Waals surface area contributed by atoms with Crippen molar-refractivity contribution in [2.45, 2.75) is 37.7 Å². The van der Waals surface area contributed by atoms with Crippen LogP contribution in [0.3, 0.4) is 0 Å². The average Bonchev–Trinajstić information content (AvgIpc) is 3.42. The second-order valence-corrected chi connectivity index (χ2v) is 8.34. The van der Waals surface area contributed by atoms with Crippen molar-refractivity contribution < 1.29 is 14.2 Å². The average molecular weight is 377 g/mol. The van der Waals surface area contributed by atoms with Gasteiger partial charge in [-0.2, -0.15) is 0 Å². The van der Waals surface area contributed by atoms with Crippen LogP contribution in [0.25, 0.3) is 11.3 Å². The standard InChI is InChI=1S/C20H22ClFN2O2/c1-19(2)10-26-18-13(19)8-16(20(25,9-23)12-4-5-12)24-17(18)11-3-6-15(22)14(21)7-11/h3,6-8,12,25H,4-5,9-10,23H2,1-2H3. The van der Waals surface area contributed by atoms with Crippen LogP contribution in [0, 0.1) is 11.7 Å². The first kappa shape index (κ1) is 17.7. The zero-order valence-electron chi connectivity index (χ0n) is 14.9. The lowest BCUT2D eigenvalue weighted by molar-refractivity contribution is 0.0179. The van der Waals surface area contributed by atoms with Gasteiger partial charge in [0, 0.05) is 23.1 Å². The van der Waals surface area contributed by atoms with Gasteiger partial charge >= 0.3 is 0 Å². The molecule has 1 unspecified atom stereocenters. The van der Waals surface area contributed by atoms with E-state index in [0.717, 1.165) is 18.4 Å². The largest absolute Gasteiger partial charge is 0.490 e. The number of hydrogen-bond donors (Lipinski definition) is 2. The third-order valence-electron chi connectivity index (χ3n) is 5.48. The molecule has 1 saturated carbocycles. The lowest BCUT2D eigenvalue weighted by Gasteiger charge is -2.28. The van der Waals surface area contributed by atoms with E-state index in [1.165, 1.54) is 12.1 Å². The molecular formula is C20H22ClFN2O2. The number of nitrogens with zero attached hydrogens (tertiary/aromatic N) is 1. The Morgan fingerprint density at radius 1 is 1.38 bits per heavy atom. The van der Waals surface area contributed by atoms with Crippen LogP contribution in [-0.4, -0.2) is 23.2 Å². The highest BCUT2D eigenvalue weighted by atomic mass is 35.5. The molecule has 4 rings (SSSR count). The molecule has 0 bridgehead atoms. The van der Waals surface area contributed by atoms with Crippen LogP contribution in [0.5, 0.6) is 5.75 Å². The normalized spacial score (nSPS) is 20.4. The van der Waals surface area contributed by atoms with Crippen molar-refractivity contribution in [1.29, 1.82) is 0 Å². The molecule has 1 fully saturated rings. The summed E-state index contributed by atoms with van der Waals surface area (Å²) in [6.45, 7) is 4.79. The molecule has 4 nitrogen and oxygen atoms in total. The highest BCUT2D eigenvalue weighted by Gasteiger charge is 2.47. The molecule has 3 N–H and O–H groups in total. The van der Waals surface area contributed by atoms with E-state index in [1.807, 2.05) is 6.07 Å². The van der Waals surface area contributed by atoms with Gasteiger partial charge in [-0.15, -0.1) is 0 Å². The third-order valence-corrected chi connectivity index (χ3v) is 5.77. The van der Waals surface area contributed by atoms with E-state index in [9.17, 15) is 9.50 Å². The van der Waals surface area contributed by atoms with Crippen LogP contribution in [0.15, 0.2) is 24.3 Å². The van der Waals surface area contributed by atoms with Crippen molar-refractivity contribution in [3.63, 3.8) is 0 Å². The third kappa shape index (κ3) is 2.70. The molecule has 2 aromatic rings. The maximum Gasteiger partial charge on any atom is 0.149 e. The van der Waals surface area contributed by atoms with E-state index in [2.05, 4.69) is 13.8 Å². The number of halogens is 2. The maximum atomic E-state index is 13.6. The molecule has 2 heterocycles. The first-order valence-corrected chi connectivity index (χ1v) is 9.21. The molecule has 0 amide bonds. The zero-order valence-corrected chi connectivity index (χ0v) is 15.6. The lowest BCUT2D eigenvalue weighted by Crippen LogP contribution is -2.38. The monoisotopic (exact) mass is 376 g/mol. The van der Waals surface area contributed by atoms with E-state index in [0.29, 0.717) is 29.3 Å². The number of nitrogens with two attached hydrogens (primary N) is 1. The van der Waals surface area contributed by atoms with E-state index in [-0.39, 0.29) is 22.9 Å². The molecule has 2 aliphatic rings. The van der Waals surface area contributed by atoms with Gasteiger partial charge < -0.3 is 15.6 Å². The molecule has 0 radical (unpaired) electrons. The molecule has 1 aliphatic carbocycles. The molecule has 138 valence electrons. The van der Waals surface area contributed by atoms with Crippen LogP contribution in [0.4, 0.5) is 4.39 Å². The summed E-state index contributed by atoms with van der Waals surface area (Å²) in [5.74, 6) is 0.297. The molecule has 1 aromatic heterocycles. The summed E-state index contributed by atoms with van der Waals surface area (Å²) in [6, 6.07) is 6.40. The zero-order chi connectivity index (χ0) is 18.7. The van der Waals surface area contributed by atoms with Gasteiger partial charge in [-0.1, -0.05) is 25.4 Å². The summed E-state index contributed by atoms with van der Waals surface area (Å²) in [5, 5.41) is 11.2. The number of rotatable bonds is 4. The topological polar surface area (TPSA) is 68.4 Å². The summed E-state index contributed by atoms with van der Waals surface area (Å²) in [7, 11) is 0. The Bertz CT molecular complexity index is 882. The van der Waals surface area contributed by atoms with Gasteiger partial charge in [0.25, 0.3) is 0 Å². The second kappa shape index (κ2) is 5.91. The van der Waals surface area contributed by atoms with Crippen molar-refractivity contribution in [3.05, 3.63) is 46.4 Å². The van der Waals surface area contributed by atoms with E-state index in [4.69, 9.17) is 27.1 Å². The molecule has 1 atom stereocenters. The fraction of sp³-hybridized carbons (Fsp3) is 0.450. The quantitative estimate of drug-likeness (QED) is 0.852. The Balaban J connectivity index is 1.94. The lowest BCUT2D eigenvalue weighted by atomic mass is 9.83. The second-order valence-electron chi connectivity index (χ2n) is 7.94. The fourth-order valence-corrected chi connectivity index (χ4v) is 3.80. The molecule has 26 heavy (non-hydrogen) atoms. The Morgan fingerprint density at radius 3 is 2.73 bits per heavy atom. The van der Waals surface area contributed by atoms with E-state index in [1.54, 1.807) is 6.07 Å². The number of ether oxygens (including phenoxy) is 1. The van der Waals surface area contributed by atoms with Crippen LogP contribution in [0.1, 0.15) is 37.9 Å².